The molecule has 8 aromatic carbocycles. The van der Waals surface area contributed by atoms with Crippen LogP contribution in [0.1, 0.15) is 25.0 Å². The average Bonchev–Trinajstić information content (AvgIpc) is 3.42. The van der Waals surface area contributed by atoms with E-state index in [1.807, 2.05) is 0 Å². The van der Waals surface area contributed by atoms with E-state index in [4.69, 9.17) is 0 Å². The maximum atomic E-state index is 2.47. The number of hydrogen-bond acceptors (Lipinski definition) is 1. The molecule has 0 saturated carbocycles. The van der Waals surface area contributed by atoms with E-state index in [9.17, 15) is 0 Å². The fourth-order valence-electron chi connectivity index (χ4n) is 7.96. The molecule has 1 nitrogen and oxygen atoms in total. The fraction of sp³-hybridized carbons (Fsp3) is 0.0612. The highest BCUT2D eigenvalue weighted by atomic mass is 15.1. The van der Waals surface area contributed by atoms with Gasteiger partial charge in [-0.15, -0.1) is 0 Å². The maximum absolute atomic E-state index is 2.47. The fourth-order valence-corrected chi connectivity index (χ4v) is 7.96. The van der Waals surface area contributed by atoms with Gasteiger partial charge in [-0.05, 0) is 109 Å². The molecule has 0 aromatic heterocycles. The van der Waals surface area contributed by atoms with Crippen molar-refractivity contribution in [2.45, 2.75) is 19.3 Å². The molecule has 50 heavy (non-hydrogen) atoms. The minimum atomic E-state index is -0.168. The quantitative estimate of drug-likeness (QED) is 0.175. The third-order valence-electron chi connectivity index (χ3n) is 10.4. The smallest absolute Gasteiger partial charge is 0.0508 e. The zero-order valence-corrected chi connectivity index (χ0v) is 28.3. The Labute approximate surface area is 294 Å². The van der Waals surface area contributed by atoms with Gasteiger partial charge in [0.05, 0.1) is 5.69 Å². The molecule has 0 heterocycles. The van der Waals surface area contributed by atoms with Gasteiger partial charge >= 0.3 is 0 Å². The largest absolute Gasteiger partial charge is 0.310 e. The van der Waals surface area contributed by atoms with Crippen molar-refractivity contribution in [1.82, 2.24) is 0 Å². The van der Waals surface area contributed by atoms with E-state index < -0.39 is 0 Å². The average molecular weight is 640 g/mol. The van der Waals surface area contributed by atoms with E-state index in [0.717, 1.165) is 11.4 Å². The molecular weight excluding hydrogens is 603 g/mol. The topological polar surface area (TPSA) is 3.24 Å². The second-order valence-electron chi connectivity index (χ2n) is 13.8. The van der Waals surface area contributed by atoms with Gasteiger partial charge in [-0.2, -0.15) is 0 Å². The van der Waals surface area contributed by atoms with Crippen molar-refractivity contribution >= 4 is 27.8 Å². The lowest BCUT2D eigenvalue weighted by atomic mass is 9.81. The first-order valence-electron chi connectivity index (χ1n) is 17.4. The summed E-state index contributed by atoms with van der Waals surface area (Å²) < 4.78 is 0. The van der Waals surface area contributed by atoms with E-state index in [1.54, 1.807) is 0 Å². The van der Waals surface area contributed by atoms with Crippen LogP contribution in [-0.2, 0) is 5.41 Å². The second-order valence-corrected chi connectivity index (χ2v) is 13.8. The Bertz CT molecular complexity index is 2520. The van der Waals surface area contributed by atoms with Crippen LogP contribution in [0.25, 0.3) is 55.3 Å². The summed E-state index contributed by atoms with van der Waals surface area (Å²) in [7, 11) is 0. The number of anilines is 3. The zero-order valence-electron chi connectivity index (χ0n) is 28.3. The predicted octanol–water partition coefficient (Wildman–Crippen LogP) is 13.6. The van der Waals surface area contributed by atoms with Gasteiger partial charge in [0.25, 0.3) is 0 Å². The molecule has 1 heteroatoms. The van der Waals surface area contributed by atoms with E-state index in [2.05, 4.69) is 207 Å². The Morgan fingerprint density at radius 2 is 0.880 bits per heavy atom. The molecule has 9 rings (SSSR count). The lowest BCUT2D eigenvalue weighted by Gasteiger charge is -2.32. The Morgan fingerprint density at radius 3 is 1.62 bits per heavy atom. The maximum Gasteiger partial charge on any atom is 0.0508 e. The molecule has 1 aliphatic rings. The summed E-state index contributed by atoms with van der Waals surface area (Å²) in [5.41, 5.74) is 15.9. The van der Waals surface area contributed by atoms with Gasteiger partial charge in [-0.3, -0.25) is 0 Å². The van der Waals surface area contributed by atoms with Gasteiger partial charge in [0.2, 0.25) is 0 Å². The molecule has 0 unspecified atom stereocenters. The molecule has 0 spiro atoms. The van der Waals surface area contributed by atoms with Gasteiger partial charge < -0.3 is 4.90 Å². The minimum Gasteiger partial charge on any atom is -0.310 e. The summed E-state index contributed by atoms with van der Waals surface area (Å²) in [4.78, 5) is 2.47. The van der Waals surface area contributed by atoms with Crippen LogP contribution in [0.4, 0.5) is 17.1 Å². The Balaban J connectivity index is 1.23. The third kappa shape index (κ3) is 5.11. The first kappa shape index (κ1) is 29.9. The van der Waals surface area contributed by atoms with Crippen LogP contribution in [-0.4, -0.2) is 0 Å². The number of hydrogen-bond donors (Lipinski definition) is 0. The summed E-state index contributed by atoms with van der Waals surface area (Å²) in [6, 6.07) is 68.6. The van der Waals surface area contributed by atoms with Crippen LogP contribution in [0.3, 0.4) is 0 Å². The molecule has 0 radical (unpaired) electrons. The number of nitrogens with zero attached hydrogens (tertiary/aromatic N) is 1. The van der Waals surface area contributed by atoms with E-state index in [1.165, 1.54) is 72.1 Å². The molecule has 0 bridgehead atoms. The van der Waals surface area contributed by atoms with Crippen LogP contribution in [0, 0.1) is 0 Å². The molecule has 0 amide bonds. The third-order valence-corrected chi connectivity index (χ3v) is 10.4. The van der Waals surface area contributed by atoms with Crippen molar-refractivity contribution in [2.24, 2.45) is 0 Å². The lowest BCUT2D eigenvalue weighted by molar-refractivity contribution is 0.661. The van der Waals surface area contributed by atoms with Gasteiger partial charge in [-0.25, -0.2) is 0 Å². The van der Waals surface area contributed by atoms with Crippen molar-refractivity contribution in [2.75, 3.05) is 4.90 Å². The van der Waals surface area contributed by atoms with Crippen LogP contribution in [0.2, 0.25) is 0 Å². The monoisotopic (exact) mass is 639 g/mol. The standard InChI is InChI=1S/C49H37N/c1-49(2)46-26-9-8-24-44(46)45-25-13-27-47(48(45)49)50(43-23-12-21-40(33-43)41-29-28-35-16-6-7-17-36(35)31-41)42-22-11-20-39(32-42)38-19-10-18-37(30-38)34-14-4-3-5-15-34/h3-33H,1-2H3. The molecule has 0 saturated heterocycles. The van der Waals surface area contributed by atoms with Crippen LogP contribution >= 0.6 is 0 Å². The molecule has 1 aliphatic carbocycles. The van der Waals surface area contributed by atoms with Crippen molar-refractivity contribution in [3.05, 3.63) is 199 Å². The predicted molar refractivity (Wildman–Crippen MR) is 213 cm³/mol. The lowest BCUT2D eigenvalue weighted by Crippen LogP contribution is -2.20. The molecule has 8 aromatic rings. The highest BCUT2D eigenvalue weighted by Crippen LogP contribution is 2.54. The highest BCUT2D eigenvalue weighted by molar-refractivity contribution is 5.93. The molecular formula is C49H37N. The van der Waals surface area contributed by atoms with E-state index in [-0.39, 0.29) is 5.41 Å². The molecule has 0 aliphatic heterocycles. The summed E-state index contributed by atoms with van der Waals surface area (Å²) in [6.07, 6.45) is 0. The number of benzene rings is 8. The Hall–Kier alpha value is -6.18. The number of rotatable bonds is 6. The van der Waals surface area contributed by atoms with Crippen molar-refractivity contribution < 1.29 is 0 Å². The van der Waals surface area contributed by atoms with Crippen molar-refractivity contribution in [3.8, 4) is 44.5 Å². The van der Waals surface area contributed by atoms with Gasteiger partial charge in [0.1, 0.15) is 0 Å². The summed E-state index contributed by atoms with van der Waals surface area (Å²) >= 11 is 0. The second kappa shape index (κ2) is 12.1. The van der Waals surface area contributed by atoms with Crippen molar-refractivity contribution in [3.63, 3.8) is 0 Å². The van der Waals surface area contributed by atoms with E-state index in [0.29, 0.717) is 0 Å². The van der Waals surface area contributed by atoms with Gasteiger partial charge in [0, 0.05) is 16.8 Å². The Morgan fingerprint density at radius 1 is 0.360 bits per heavy atom. The Kier molecular flexibility index (Phi) is 7.21. The number of fused-ring (bicyclic) bond motifs is 4. The van der Waals surface area contributed by atoms with E-state index >= 15 is 0 Å². The normalized spacial score (nSPS) is 12.8. The van der Waals surface area contributed by atoms with Crippen LogP contribution < -0.4 is 4.90 Å². The summed E-state index contributed by atoms with van der Waals surface area (Å²) in [6.45, 7) is 4.74. The summed E-state index contributed by atoms with van der Waals surface area (Å²) in [5, 5.41) is 2.50. The molecule has 0 fully saturated rings. The molecule has 238 valence electrons. The van der Waals surface area contributed by atoms with Crippen LogP contribution in [0.5, 0.6) is 0 Å². The molecule has 0 N–H and O–H groups in total. The van der Waals surface area contributed by atoms with Crippen LogP contribution in [0.15, 0.2) is 188 Å². The van der Waals surface area contributed by atoms with Gasteiger partial charge in [-0.1, -0.05) is 159 Å². The zero-order chi connectivity index (χ0) is 33.7. The summed E-state index contributed by atoms with van der Waals surface area (Å²) in [5.74, 6) is 0. The van der Waals surface area contributed by atoms with Crippen molar-refractivity contribution in [1.29, 1.82) is 0 Å². The van der Waals surface area contributed by atoms with Gasteiger partial charge in [0.15, 0.2) is 0 Å². The minimum absolute atomic E-state index is 0.168. The first-order valence-corrected chi connectivity index (χ1v) is 17.4. The SMILES string of the molecule is CC1(C)c2ccccc2-c2cccc(N(c3cccc(-c4cccc(-c5ccccc5)c4)c3)c3cccc(-c4ccc5ccccc5c4)c3)c21. The molecule has 0 atom stereocenters. The first-order chi connectivity index (χ1) is 24.5. The highest BCUT2D eigenvalue weighted by Gasteiger charge is 2.38.